The predicted octanol–water partition coefficient (Wildman–Crippen LogP) is 6.10. The third-order valence-corrected chi connectivity index (χ3v) is 7.29. The van der Waals surface area contributed by atoms with Crippen LogP contribution in [0.2, 0.25) is 5.02 Å². The third-order valence-electron chi connectivity index (χ3n) is 6.04. The Balaban J connectivity index is 1.70. The fourth-order valence-corrected chi connectivity index (χ4v) is 5.20. The zero-order valence-electron chi connectivity index (χ0n) is 17.0. The number of imide groups is 1. The van der Waals surface area contributed by atoms with E-state index in [1.165, 1.54) is 23.1 Å². The smallest absolute Gasteiger partial charge is 0.271 e. The van der Waals surface area contributed by atoms with Crippen LogP contribution in [0.15, 0.2) is 28.7 Å². The molecule has 1 saturated heterocycles. The summed E-state index contributed by atoms with van der Waals surface area (Å²) in [5.74, 6) is 0.0209. The number of benzene rings is 2. The Morgan fingerprint density at radius 1 is 1.13 bits per heavy atom. The van der Waals surface area contributed by atoms with Crippen LogP contribution in [-0.4, -0.2) is 16.7 Å². The van der Waals surface area contributed by atoms with E-state index in [0.29, 0.717) is 27.0 Å². The SMILES string of the molecule is Cc1cc(N2C(=O)C3CCCCC3C2=O)c(C)c(Br)c1Oc1ccc([N+](=O)[O-])cc1Cl. The van der Waals surface area contributed by atoms with Crippen molar-refractivity contribution in [2.24, 2.45) is 11.8 Å². The lowest BCUT2D eigenvalue weighted by atomic mass is 9.81. The first-order valence-corrected chi connectivity index (χ1v) is 11.2. The van der Waals surface area contributed by atoms with Gasteiger partial charge in [0.1, 0.15) is 11.5 Å². The number of nitro benzene ring substituents is 1. The Morgan fingerprint density at radius 2 is 1.74 bits per heavy atom. The van der Waals surface area contributed by atoms with E-state index in [1.807, 2.05) is 6.92 Å². The van der Waals surface area contributed by atoms with E-state index in [0.717, 1.165) is 25.7 Å². The van der Waals surface area contributed by atoms with Crippen molar-refractivity contribution in [2.45, 2.75) is 39.5 Å². The maximum atomic E-state index is 13.0. The fraction of sp³-hybridized carbons (Fsp3) is 0.364. The molecule has 1 heterocycles. The minimum absolute atomic E-state index is 0.108. The van der Waals surface area contributed by atoms with Gasteiger partial charge in [-0.15, -0.1) is 0 Å². The molecule has 2 unspecified atom stereocenters. The molecule has 2 atom stereocenters. The van der Waals surface area contributed by atoms with Gasteiger partial charge in [-0.2, -0.15) is 0 Å². The molecule has 2 fully saturated rings. The Kier molecular flexibility index (Phi) is 5.79. The van der Waals surface area contributed by atoms with Gasteiger partial charge in [-0.25, -0.2) is 4.90 Å². The van der Waals surface area contributed by atoms with E-state index in [4.69, 9.17) is 16.3 Å². The number of hydrogen-bond acceptors (Lipinski definition) is 5. The van der Waals surface area contributed by atoms with E-state index in [9.17, 15) is 19.7 Å². The molecule has 1 aliphatic heterocycles. The van der Waals surface area contributed by atoms with Crippen molar-refractivity contribution >= 4 is 50.7 Å². The van der Waals surface area contributed by atoms with E-state index in [2.05, 4.69) is 15.9 Å². The molecule has 2 aromatic rings. The zero-order valence-corrected chi connectivity index (χ0v) is 19.3. The molecule has 2 aromatic carbocycles. The lowest BCUT2D eigenvalue weighted by Crippen LogP contribution is -2.31. The number of fused-ring (bicyclic) bond motifs is 1. The molecule has 0 spiro atoms. The Labute approximate surface area is 192 Å². The highest BCUT2D eigenvalue weighted by Gasteiger charge is 2.49. The number of hydrogen-bond donors (Lipinski definition) is 0. The van der Waals surface area contributed by atoms with Crippen molar-refractivity contribution in [1.29, 1.82) is 0 Å². The van der Waals surface area contributed by atoms with Gasteiger partial charge in [-0.3, -0.25) is 19.7 Å². The number of nitro groups is 1. The van der Waals surface area contributed by atoms with Gasteiger partial charge in [0.05, 0.1) is 31.9 Å². The number of anilines is 1. The van der Waals surface area contributed by atoms with Crippen molar-refractivity contribution in [2.75, 3.05) is 4.90 Å². The average Bonchev–Trinajstić information content (AvgIpc) is 2.99. The van der Waals surface area contributed by atoms with Crippen molar-refractivity contribution in [1.82, 2.24) is 0 Å². The molecule has 2 aliphatic rings. The van der Waals surface area contributed by atoms with Gasteiger partial charge >= 0.3 is 0 Å². The Morgan fingerprint density at radius 3 is 2.29 bits per heavy atom. The number of carbonyl (C=O) groups is 2. The zero-order chi connectivity index (χ0) is 22.4. The molecule has 9 heteroatoms. The molecular weight excluding hydrogens is 488 g/mol. The van der Waals surface area contributed by atoms with E-state index in [-0.39, 0.29) is 40.1 Å². The monoisotopic (exact) mass is 506 g/mol. The summed E-state index contributed by atoms with van der Waals surface area (Å²) in [6, 6.07) is 5.75. The first-order valence-electron chi connectivity index (χ1n) is 10.00. The van der Waals surface area contributed by atoms with Gasteiger partial charge < -0.3 is 4.74 Å². The molecule has 162 valence electrons. The molecule has 1 saturated carbocycles. The van der Waals surface area contributed by atoms with Crippen LogP contribution in [0.1, 0.15) is 36.8 Å². The number of non-ortho nitro benzene ring substituents is 1. The van der Waals surface area contributed by atoms with Crippen LogP contribution in [0, 0.1) is 35.8 Å². The number of carbonyl (C=O) groups excluding carboxylic acids is 2. The first kappa shape index (κ1) is 21.8. The molecule has 0 N–H and O–H groups in total. The summed E-state index contributed by atoms with van der Waals surface area (Å²) in [4.78, 5) is 37.8. The number of nitrogens with zero attached hydrogens (tertiary/aromatic N) is 2. The minimum Gasteiger partial charge on any atom is -0.454 e. The van der Waals surface area contributed by atoms with E-state index >= 15 is 0 Å². The summed E-state index contributed by atoms with van der Waals surface area (Å²) < 4.78 is 6.55. The standard InChI is InChI=1S/C22H20BrClN2O5/c1-11-9-17(25-21(27)14-5-3-4-6-15(14)22(25)28)12(2)19(23)20(11)31-18-8-7-13(26(29)30)10-16(18)24/h7-10,14-15H,3-6H2,1-2H3. The number of amides is 2. The van der Waals surface area contributed by atoms with Crippen LogP contribution in [0.5, 0.6) is 11.5 Å². The van der Waals surface area contributed by atoms with Crippen molar-refractivity contribution in [3.05, 3.63) is 55.0 Å². The average molecular weight is 508 g/mol. The molecule has 7 nitrogen and oxygen atoms in total. The summed E-state index contributed by atoms with van der Waals surface area (Å²) >= 11 is 9.71. The molecule has 1 aliphatic carbocycles. The summed E-state index contributed by atoms with van der Waals surface area (Å²) in [6.07, 6.45) is 3.45. The van der Waals surface area contributed by atoms with Crippen LogP contribution >= 0.6 is 27.5 Å². The first-order chi connectivity index (χ1) is 14.7. The number of aryl methyl sites for hydroxylation is 1. The molecule has 31 heavy (non-hydrogen) atoms. The molecule has 0 radical (unpaired) electrons. The Hall–Kier alpha value is -2.45. The lowest BCUT2D eigenvalue weighted by Gasteiger charge is -2.22. The number of rotatable bonds is 4. The molecule has 0 aromatic heterocycles. The quantitative estimate of drug-likeness (QED) is 0.283. The highest BCUT2D eigenvalue weighted by atomic mass is 79.9. The van der Waals surface area contributed by atoms with Crippen LogP contribution in [-0.2, 0) is 9.59 Å². The van der Waals surface area contributed by atoms with Crippen LogP contribution in [0.3, 0.4) is 0 Å². The molecule has 2 amide bonds. The van der Waals surface area contributed by atoms with Crippen molar-refractivity contribution < 1.29 is 19.2 Å². The molecular formula is C22H20BrClN2O5. The van der Waals surface area contributed by atoms with Crippen molar-refractivity contribution in [3.63, 3.8) is 0 Å². The van der Waals surface area contributed by atoms with Crippen LogP contribution < -0.4 is 9.64 Å². The topological polar surface area (TPSA) is 89.8 Å². The minimum atomic E-state index is -0.530. The largest absolute Gasteiger partial charge is 0.454 e. The van der Waals surface area contributed by atoms with Gasteiger partial charge in [0.2, 0.25) is 11.8 Å². The molecule has 0 bridgehead atoms. The molecule has 4 rings (SSSR count). The normalized spacial score (nSPS) is 20.7. The van der Waals surface area contributed by atoms with Crippen molar-refractivity contribution in [3.8, 4) is 11.5 Å². The fourth-order valence-electron chi connectivity index (χ4n) is 4.39. The highest BCUT2D eigenvalue weighted by Crippen LogP contribution is 2.46. The summed E-state index contributed by atoms with van der Waals surface area (Å²) in [7, 11) is 0. The summed E-state index contributed by atoms with van der Waals surface area (Å²) in [5.41, 5.74) is 1.81. The second kappa shape index (κ2) is 8.24. The number of halogens is 2. The van der Waals surface area contributed by atoms with E-state index in [1.54, 1.807) is 13.0 Å². The van der Waals surface area contributed by atoms with E-state index < -0.39 is 4.92 Å². The van der Waals surface area contributed by atoms with Gasteiger partial charge in [-0.05, 0) is 65.9 Å². The van der Waals surface area contributed by atoms with Gasteiger partial charge in [-0.1, -0.05) is 24.4 Å². The van der Waals surface area contributed by atoms with Crippen LogP contribution in [0.4, 0.5) is 11.4 Å². The second-order valence-corrected chi connectivity index (χ2v) is 9.16. The van der Waals surface area contributed by atoms with Gasteiger partial charge in [0.15, 0.2) is 0 Å². The predicted molar refractivity (Wildman–Crippen MR) is 120 cm³/mol. The van der Waals surface area contributed by atoms with Gasteiger partial charge in [0.25, 0.3) is 5.69 Å². The highest BCUT2D eigenvalue weighted by molar-refractivity contribution is 9.10. The van der Waals surface area contributed by atoms with Gasteiger partial charge in [0, 0.05) is 12.1 Å². The summed E-state index contributed by atoms with van der Waals surface area (Å²) in [5, 5.41) is 11.0. The third kappa shape index (κ3) is 3.72. The lowest BCUT2D eigenvalue weighted by molar-refractivity contribution is -0.384. The maximum Gasteiger partial charge on any atom is 0.271 e. The Bertz CT molecular complexity index is 1100. The maximum absolute atomic E-state index is 13.0. The van der Waals surface area contributed by atoms with Crippen LogP contribution in [0.25, 0.3) is 0 Å². The summed E-state index contributed by atoms with van der Waals surface area (Å²) in [6.45, 7) is 3.62. The second-order valence-electron chi connectivity index (χ2n) is 7.96. The number of ether oxygens (including phenoxy) is 1.